The zero-order chi connectivity index (χ0) is 21.7. The van der Waals surface area contributed by atoms with Crippen molar-refractivity contribution in [2.45, 2.75) is 72.5 Å². The van der Waals surface area contributed by atoms with Crippen molar-refractivity contribution < 1.29 is 24.1 Å². The summed E-state index contributed by atoms with van der Waals surface area (Å²) in [6.45, 7) is 13.9. The molecule has 1 aliphatic rings. The van der Waals surface area contributed by atoms with Crippen molar-refractivity contribution >= 4 is 5.97 Å². The first-order valence-electron chi connectivity index (χ1n) is 10.7. The van der Waals surface area contributed by atoms with Gasteiger partial charge in [0.15, 0.2) is 0 Å². The fraction of sp³-hybridized carbons (Fsp3) is 0.708. The molecule has 29 heavy (non-hydrogen) atoms. The van der Waals surface area contributed by atoms with Crippen LogP contribution in [0.2, 0.25) is 0 Å². The van der Waals surface area contributed by atoms with Crippen LogP contribution in [0.15, 0.2) is 24.3 Å². The number of hydrogen-bond acceptors (Lipinski definition) is 5. The molecule has 0 bridgehead atoms. The van der Waals surface area contributed by atoms with E-state index in [-0.39, 0.29) is 5.97 Å². The standard InChI is InChI=1S/C24H38O5/c1-7-28-20(25)13-8-9-14-27-16-22(3,4)24(26)21(29-17-23(24,5)6)19-12-10-11-18(2)15-19/h10-12,15,21,26H,7-9,13-14,16-17H2,1-6H3. The quantitative estimate of drug-likeness (QED) is 0.454. The Kier molecular flexibility index (Phi) is 7.88. The van der Waals surface area contributed by atoms with Crippen molar-refractivity contribution in [1.29, 1.82) is 0 Å². The van der Waals surface area contributed by atoms with E-state index in [2.05, 4.69) is 19.9 Å². The second-order valence-corrected chi connectivity index (χ2v) is 9.45. The smallest absolute Gasteiger partial charge is 0.305 e. The van der Waals surface area contributed by atoms with Crippen LogP contribution in [0.25, 0.3) is 0 Å². The van der Waals surface area contributed by atoms with E-state index in [0.29, 0.717) is 32.8 Å². The molecule has 1 aliphatic heterocycles. The Morgan fingerprint density at radius 2 is 2.03 bits per heavy atom. The molecule has 0 radical (unpaired) electrons. The maximum Gasteiger partial charge on any atom is 0.305 e. The summed E-state index contributed by atoms with van der Waals surface area (Å²) in [5.74, 6) is -0.159. The Morgan fingerprint density at radius 1 is 1.31 bits per heavy atom. The van der Waals surface area contributed by atoms with Crippen LogP contribution in [0.4, 0.5) is 0 Å². The average Bonchev–Trinajstić information content (AvgIpc) is 2.89. The lowest BCUT2D eigenvalue weighted by atomic mass is 9.59. The van der Waals surface area contributed by atoms with Crippen molar-refractivity contribution in [3.63, 3.8) is 0 Å². The first-order chi connectivity index (χ1) is 13.5. The van der Waals surface area contributed by atoms with Gasteiger partial charge in [0, 0.05) is 23.9 Å². The highest BCUT2D eigenvalue weighted by atomic mass is 16.5. The highest BCUT2D eigenvalue weighted by molar-refractivity contribution is 5.69. The fourth-order valence-electron chi connectivity index (χ4n) is 4.46. The molecule has 1 aromatic rings. The van der Waals surface area contributed by atoms with E-state index in [1.165, 1.54) is 0 Å². The molecule has 1 saturated heterocycles. The Bertz CT molecular complexity index is 682. The SMILES string of the molecule is CCOC(=O)CCCCOCC(C)(C)C1(O)C(c2cccc(C)c2)OCC1(C)C. The van der Waals surface area contributed by atoms with E-state index in [4.69, 9.17) is 14.2 Å². The van der Waals surface area contributed by atoms with Gasteiger partial charge in [-0.05, 0) is 32.3 Å². The number of unbranched alkanes of at least 4 members (excludes halogenated alkanes) is 1. The summed E-state index contributed by atoms with van der Waals surface area (Å²) in [7, 11) is 0. The van der Waals surface area contributed by atoms with E-state index in [0.717, 1.165) is 24.0 Å². The number of hydrogen-bond donors (Lipinski definition) is 1. The third kappa shape index (κ3) is 5.19. The minimum Gasteiger partial charge on any atom is -0.466 e. The molecule has 0 amide bonds. The third-order valence-corrected chi connectivity index (χ3v) is 6.09. The average molecular weight is 407 g/mol. The number of carbonyl (C=O) groups excluding carboxylic acids is 1. The molecule has 2 rings (SSSR count). The van der Waals surface area contributed by atoms with E-state index in [9.17, 15) is 9.90 Å². The molecule has 2 atom stereocenters. The zero-order valence-corrected chi connectivity index (χ0v) is 18.9. The van der Waals surface area contributed by atoms with Crippen LogP contribution in [0.3, 0.4) is 0 Å². The van der Waals surface area contributed by atoms with Crippen molar-refractivity contribution in [3.8, 4) is 0 Å². The molecule has 0 aromatic heterocycles. The minimum absolute atomic E-state index is 0.159. The number of ether oxygens (including phenoxy) is 3. The molecule has 0 aliphatic carbocycles. The summed E-state index contributed by atoms with van der Waals surface area (Å²) in [6.07, 6.45) is 1.54. The van der Waals surface area contributed by atoms with Crippen molar-refractivity contribution in [1.82, 2.24) is 0 Å². The number of carbonyl (C=O) groups is 1. The predicted octanol–water partition coefficient (Wildman–Crippen LogP) is 4.60. The van der Waals surface area contributed by atoms with Gasteiger partial charge in [-0.3, -0.25) is 4.79 Å². The Balaban J connectivity index is 2.02. The van der Waals surface area contributed by atoms with Crippen molar-refractivity contribution in [2.24, 2.45) is 10.8 Å². The first-order valence-corrected chi connectivity index (χ1v) is 10.7. The van der Waals surface area contributed by atoms with Gasteiger partial charge in [0.1, 0.15) is 11.7 Å². The lowest BCUT2D eigenvalue weighted by Crippen LogP contribution is -2.57. The highest BCUT2D eigenvalue weighted by Gasteiger charge is 2.63. The molecule has 5 nitrogen and oxygen atoms in total. The fourth-order valence-corrected chi connectivity index (χ4v) is 4.46. The minimum atomic E-state index is -1.08. The number of aryl methyl sites for hydroxylation is 1. The second kappa shape index (κ2) is 9.59. The van der Waals surface area contributed by atoms with Crippen LogP contribution >= 0.6 is 0 Å². The molecular formula is C24H38O5. The number of esters is 1. The topological polar surface area (TPSA) is 65.0 Å². The van der Waals surface area contributed by atoms with E-state index >= 15 is 0 Å². The Morgan fingerprint density at radius 3 is 2.69 bits per heavy atom. The third-order valence-electron chi connectivity index (χ3n) is 6.09. The van der Waals surface area contributed by atoms with Gasteiger partial charge >= 0.3 is 5.97 Å². The van der Waals surface area contributed by atoms with E-state index in [1.54, 1.807) is 0 Å². The summed E-state index contributed by atoms with van der Waals surface area (Å²) in [5.41, 5.74) is 0.119. The maximum absolute atomic E-state index is 12.0. The van der Waals surface area contributed by atoms with Gasteiger partial charge in [0.05, 0.1) is 19.8 Å². The normalized spacial score (nSPS) is 23.9. The van der Waals surface area contributed by atoms with Crippen molar-refractivity contribution in [2.75, 3.05) is 26.4 Å². The summed E-state index contributed by atoms with van der Waals surface area (Å²) in [6, 6.07) is 8.17. The molecule has 2 unspecified atom stereocenters. The molecule has 1 heterocycles. The van der Waals surface area contributed by atoms with E-state index in [1.807, 2.05) is 45.9 Å². The maximum atomic E-state index is 12.0. The van der Waals surface area contributed by atoms with Gasteiger partial charge in [-0.1, -0.05) is 57.5 Å². The molecule has 1 aromatic carbocycles. The summed E-state index contributed by atoms with van der Waals surface area (Å²) >= 11 is 0. The predicted molar refractivity (Wildman–Crippen MR) is 114 cm³/mol. The molecule has 1 fully saturated rings. The van der Waals surface area contributed by atoms with Gasteiger partial charge < -0.3 is 19.3 Å². The molecule has 0 spiro atoms. The van der Waals surface area contributed by atoms with Crippen LogP contribution in [-0.4, -0.2) is 43.1 Å². The lowest BCUT2D eigenvalue weighted by molar-refractivity contribution is -0.177. The van der Waals surface area contributed by atoms with Gasteiger partial charge in [-0.15, -0.1) is 0 Å². The summed E-state index contributed by atoms with van der Waals surface area (Å²) in [5, 5.41) is 12.0. The van der Waals surface area contributed by atoms with Crippen LogP contribution in [0, 0.1) is 17.8 Å². The zero-order valence-electron chi connectivity index (χ0n) is 18.9. The number of benzene rings is 1. The second-order valence-electron chi connectivity index (χ2n) is 9.45. The van der Waals surface area contributed by atoms with Gasteiger partial charge in [0.25, 0.3) is 0 Å². The van der Waals surface area contributed by atoms with Gasteiger partial charge in [-0.2, -0.15) is 0 Å². The van der Waals surface area contributed by atoms with Crippen LogP contribution < -0.4 is 0 Å². The Labute approximate surface area is 175 Å². The molecule has 5 heteroatoms. The molecular weight excluding hydrogens is 368 g/mol. The van der Waals surface area contributed by atoms with Crippen molar-refractivity contribution in [3.05, 3.63) is 35.4 Å². The highest BCUT2D eigenvalue weighted by Crippen LogP contribution is 2.57. The van der Waals surface area contributed by atoms with Crippen LogP contribution in [-0.2, 0) is 19.0 Å². The summed E-state index contributed by atoms with van der Waals surface area (Å²) in [4.78, 5) is 11.4. The monoisotopic (exact) mass is 406 g/mol. The lowest BCUT2D eigenvalue weighted by Gasteiger charge is -2.49. The summed E-state index contributed by atoms with van der Waals surface area (Å²) < 4.78 is 17.0. The molecule has 0 saturated carbocycles. The molecule has 164 valence electrons. The van der Waals surface area contributed by atoms with Crippen LogP contribution in [0.1, 0.15) is 71.1 Å². The first kappa shape index (κ1) is 23.8. The van der Waals surface area contributed by atoms with E-state index < -0.39 is 22.5 Å². The van der Waals surface area contributed by atoms with Crippen LogP contribution in [0.5, 0.6) is 0 Å². The number of rotatable bonds is 10. The number of aliphatic hydroxyl groups is 1. The van der Waals surface area contributed by atoms with Gasteiger partial charge in [0.2, 0.25) is 0 Å². The van der Waals surface area contributed by atoms with Gasteiger partial charge in [-0.25, -0.2) is 0 Å². The molecule has 1 N–H and O–H groups in total. The largest absolute Gasteiger partial charge is 0.466 e. The Hall–Kier alpha value is -1.43.